The van der Waals surface area contributed by atoms with E-state index in [0.29, 0.717) is 0 Å². The molecule has 0 amide bonds. The number of nitrogens with zero attached hydrogens (tertiary/aromatic N) is 3. The van der Waals surface area contributed by atoms with Crippen LogP contribution in [-0.2, 0) is 0 Å². The van der Waals surface area contributed by atoms with E-state index < -0.39 is 0 Å². The highest BCUT2D eigenvalue weighted by Crippen LogP contribution is 2.32. The molecule has 3 heteroatoms. The van der Waals surface area contributed by atoms with Crippen LogP contribution in [0.3, 0.4) is 0 Å². The van der Waals surface area contributed by atoms with Crippen molar-refractivity contribution in [2.45, 2.75) is 6.92 Å². The Labute approximate surface area is 158 Å². The number of hydrogen-bond acceptors (Lipinski definition) is 3. The van der Waals surface area contributed by atoms with Crippen LogP contribution in [0.1, 0.15) is 11.1 Å². The molecular formula is C24H17N3. The molecule has 0 radical (unpaired) electrons. The molecule has 0 aliphatic heterocycles. The lowest BCUT2D eigenvalue weighted by atomic mass is 9.98. The van der Waals surface area contributed by atoms with Gasteiger partial charge in [-0.2, -0.15) is 0 Å². The lowest BCUT2D eigenvalue weighted by Gasteiger charge is -2.11. The fourth-order valence-electron chi connectivity index (χ4n) is 3.03. The first kappa shape index (κ1) is 16.7. The molecule has 4 rings (SSSR count). The van der Waals surface area contributed by atoms with Crippen molar-refractivity contribution in [2.24, 2.45) is 0 Å². The molecule has 0 atom stereocenters. The monoisotopic (exact) mass is 347 g/mol. The van der Waals surface area contributed by atoms with Gasteiger partial charge in [-0.15, -0.1) is 6.42 Å². The Morgan fingerprint density at radius 2 is 1.52 bits per heavy atom. The molecule has 128 valence electrons. The van der Waals surface area contributed by atoms with Crippen LogP contribution in [0.25, 0.3) is 33.8 Å². The SMILES string of the molecule is C#Cc1ccnc(-c2cc(-c3ccc(C)cc3)ccn2)c1-c1ccccn1. The maximum atomic E-state index is 5.74. The Morgan fingerprint density at radius 1 is 0.741 bits per heavy atom. The van der Waals surface area contributed by atoms with E-state index in [1.54, 1.807) is 18.6 Å². The van der Waals surface area contributed by atoms with E-state index in [4.69, 9.17) is 6.42 Å². The fraction of sp³-hybridized carbons (Fsp3) is 0.0417. The van der Waals surface area contributed by atoms with Crippen LogP contribution in [0.5, 0.6) is 0 Å². The van der Waals surface area contributed by atoms with Crippen molar-refractivity contribution in [3.8, 4) is 46.1 Å². The van der Waals surface area contributed by atoms with E-state index in [2.05, 4.69) is 52.1 Å². The largest absolute Gasteiger partial charge is 0.256 e. The third kappa shape index (κ3) is 3.33. The van der Waals surface area contributed by atoms with Crippen molar-refractivity contribution in [1.82, 2.24) is 15.0 Å². The van der Waals surface area contributed by atoms with Crippen molar-refractivity contribution in [2.75, 3.05) is 0 Å². The molecule has 0 spiro atoms. The van der Waals surface area contributed by atoms with Crippen LogP contribution >= 0.6 is 0 Å². The molecule has 3 nitrogen and oxygen atoms in total. The summed E-state index contributed by atoms with van der Waals surface area (Å²) in [6.07, 6.45) is 11.0. The second-order valence-corrected chi connectivity index (χ2v) is 6.24. The minimum Gasteiger partial charge on any atom is -0.256 e. The number of rotatable bonds is 3. The summed E-state index contributed by atoms with van der Waals surface area (Å²) in [7, 11) is 0. The number of pyridine rings is 3. The predicted molar refractivity (Wildman–Crippen MR) is 109 cm³/mol. The van der Waals surface area contributed by atoms with Crippen molar-refractivity contribution < 1.29 is 0 Å². The molecule has 0 N–H and O–H groups in total. The molecule has 0 unspecified atom stereocenters. The van der Waals surface area contributed by atoms with Crippen LogP contribution in [0.4, 0.5) is 0 Å². The second-order valence-electron chi connectivity index (χ2n) is 6.24. The van der Waals surface area contributed by atoms with Gasteiger partial charge < -0.3 is 0 Å². The minimum absolute atomic E-state index is 0.734. The average molecular weight is 347 g/mol. The number of hydrogen-bond donors (Lipinski definition) is 0. The van der Waals surface area contributed by atoms with Crippen LogP contribution in [0.15, 0.2) is 79.3 Å². The summed E-state index contributed by atoms with van der Waals surface area (Å²) in [5.41, 5.74) is 7.32. The summed E-state index contributed by atoms with van der Waals surface area (Å²) in [5, 5.41) is 0. The lowest BCUT2D eigenvalue weighted by Crippen LogP contribution is -1.96. The zero-order valence-corrected chi connectivity index (χ0v) is 14.9. The van der Waals surface area contributed by atoms with Crippen molar-refractivity contribution in [3.63, 3.8) is 0 Å². The zero-order chi connectivity index (χ0) is 18.6. The van der Waals surface area contributed by atoms with Crippen LogP contribution in [-0.4, -0.2) is 15.0 Å². The van der Waals surface area contributed by atoms with Gasteiger partial charge in [-0.1, -0.05) is 41.8 Å². The summed E-state index contributed by atoms with van der Waals surface area (Å²) in [6.45, 7) is 2.08. The first-order valence-electron chi connectivity index (χ1n) is 8.67. The number of benzene rings is 1. The van der Waals surface area contributed by atoms with E-state index in [1.807, 2.05) is 36.4 Å². The first-order chi connectivity index (χ1) is 13.3. The van der Waals surface area contributed by atoms with Crippen molar-refractivity contribution >= 4 is 0 Å². The predicted octanol–water partition coefficient (Wildman–Crippen LogP) is 5.16. The van der Waals surface area contributed by atoms with Gasteiger partial charge in [0.05, 0.1) is 17.1 Å². The van der Waals surface area contributed by atoms with Gasteiger partial charge in [0, 0.05) is 29.7 Å². The number of aromatic nitrogens is 3. The lowest BCUT2D eigenvalue weighted by molar-refractivity contribution is 1.23. The van der Waals surface area contributed by atoms with Crippen LogP contribution in [0, 0.1) is 19.3 Å². The molecule has 1 aromatic carbocycles. The Balaban J connectivity index is 1.89. The van der Waals surface area contributed by atoms with Gasteiger partial charge in [0.25, 0.3) is 0 Å². The third-order valence-electron chi connectivity index (χ3n) is 4.41. The van der Waals surface area contributed by atoms with E-state index in [0.717, 1.165) is 39.3 Å². The highest BCUT2D eigenvalue weighted by atomic mass is 14.8. The maximum Gasteiger partial charge on any atom is 0.0992 e. The second kappa shape index (κ2) is 7.23. The van der Waals surface area contributed by atoms with Crippen LogP contribution in [0.2, 0.25) is 0 Å². The van der Waals surface area contributed by atoms with Gasteiger partial charge in [-0.3, -0.25) is 15.0 Å². The fourth-order valence-corrected chi connectivity index (χ4v) is 3.03. The first-order valence-corrected chi connectivity index (χ1v) is 8.67. The average Bonchev–Trinajstić information content (AvgIpc) is 2.74. The molecular weight excluding hydrogens is 330 g/mol. The van der Waals surface area contributed by atoms with Gasteiger partial charge in [0.1, 0.15) is 0 Å². The van der Waals surface area contributed by atoms with Crippen molar-refractivity contribution in [3.05, 3.63) is 90.4 Å². The summed E-state index contributed by atoms with van der Waals surface area (Å²) in [6, 6.07) is 20.1. The Bertz CT molecular complexity index is 1120. The normalized spacial score (nSPS) is 10.4. The van der Waals surface area contributed by atoms with Gasteiger partial charge in [0.2, 0.25) is 0 Å². The summed E-state index contributed by atoms with van der Waals surface area (Å²) in [5.74, 6) is 2.75. The number of terminal acetylenes is 1. The van der Waals surface area contributed by atoms with Gasteiger partial charge in [-0.05, 0) is 48.4 Å². The quantitative estimate of drug-likeness (QED) is 0.480. The molecule has 0 fully saturated rings. The summed E-state index contributed by atoms with van der Waals surface area (Å²) in [4.78, 5) is 13.6. The summed E-state index contributed by atoms with van der Waals surface area (Å²) < 4.78 is 0. The minimum atomic E-state index is 0.734. The molecule has 0 bridgehead atoms. The topological polar surface area (TPSA) is 38.7 Å². The van der Waals surface area contributed by atoms with E-state index in [1.165, 1.54) is 5.56 Å². The van der Waals surface area contributed by atoms with E-state index in [9.17, 15) is 0 Å². The molecule has 0 saturated heterocycles. The molecule has 3 heterocycles. The molecule has 4 aromatic rings. The molecule has 0 saturated carbocycles. The molecule has 0 aliphatic rings. The third-order valence-corrected chi connectivity index (χ3v) is 4.41. The number of aryl methyl sites for hydroxylation is 1. The van der Waals surface area contributed by atoms with Gasteiger partial charge in [0.15, 0.2) is 0 Å². The smallest absolute Gasteiger partial charge is 0.0992 e. The Morgan fingerprint density at radius 3 is 2.26 bits per heavy atom. The standard InChI is InChI=1S/C24H17N3/c1-3-18-11-15-27-24(23(18)21-6-4-5-13-25-21)22-16-20(12-14-26-22)19-9-7-17(2)8-10-19/h1,4-16H,2H3. The summed E-state index contributed by atoms with van der Waals surface area (Å²) >= 11 is 0. The highest BCUT2D eigenvalue weighted by molar-refractivity contribution is 5.83. The molecule has 27 heavy (non-hydrogen) atoms. The van der Waals surface area contributed by atoms with Gasteiger partial charge >= 0.3 is 0 Å². The van der Waals surface area contributed by atoms with Gasteiger partial charge in [-0.25, -0.2) is 0 Å². The van der Waals surface area contributed by atoms with Crippen LogP contribution < -0.4 is 0 Å². The molecule has 3 aromatic heterocycles. The zero-order valence-electron chi connectivity index (χ0n) is 14.9. The molecule has 0 aliphatic carbocycles. The highest BCUT2D eigenvalue weighted by Gasteiger charge is 2.15. The Hall–Kier alpha value is -3.77. The van der Waals surface area contributed by atoms with E-state index in [-0.39, 0.29) is 0 Å². The Kier molecular flexibility index (Phi) is 4.47. The van der Waals surface area contributed by atoms with Crippen molar-refractivity contribution in [1.29, 1.82) is 0 Å². The maximum absolute atomic E-state index is 5.74. The van der Waals surface area contributed by atoms with E-state index >= 15 is 0 Å².